The summed E-state index contributed by atoms with van der Waals surface area (Å²) >= 11 is 0. The van der Waals surface area contributed by atoms with Gasteiger partial charge in [0.15, 0.2) is 12.0 Å². The van der Waals surface area contributed by atoms with Gasteiger partial charge < -0.3 is 5.32 Å². The Labute approximate surface area is 142 Å². The Hall–Kier alpha value is -2.94. The normalized spacial score (nSPS) is 11.1. The van der Waals surface area contributed by atoms with E-state index in [4.69, 9.17) is 0 Å². The summed E-state index contributed by atoms with van der Waals surface area (Å²) in [6, 6.07) is 18.0. The van der Waals surface area contributed by atoms with Gasteiger partial charge in [0, 0.05) is 29.6 Å². The largest absolute Gasteiger partial charge is 0.361 e. The van der Waals surface area contributed by atoms with Crippen LogP contribution in [0.2, 0.25) is 0 Å². The Morgan fingerprint density at radius 1 is 1.08 bits per heavy atom. The van der Waals surface area contributed by atoms with Crippen LogP contribution in [0.25, 0.3) is 17.0 Å². The van der Waals surface area contributed by atoms with Crippen LogP contribution in [0, 0.1) is 0 Å². The summed E-state index contributed by atoms with van der Waals surface area (Å²) in [4.78, 5) is 11.7. The minimum Gasteiger partial charge on any atom is -0.361 e. The van der Waals surface area contributed by atoms with E-state index in [1.807, 2.05) is 36.5 Å². The highest BCUT2D eigenvalue weighted by atomic mass is 16.1. The first-order chi connectivity index (χ1) is 11.7. The number of pyridine rings is 1. The number of hydrogen-bond acceptors (Lipinski definition) is 2. The van der Waals surface area contributed by atoms with E-state index in [2.05, 4.69) is 53.3 Å². The molecule has 0 amide bonds. The average molecular weight is 317 g/mol. The minimum atomic E-state index is 0.0562. The molecule has 0 saturated heterocycles. The molecule has 0 unspecified atom stereocenters. The molecule has 3 nitrogen and oxygen atoms in total. The van der Waals surface area contributed by atoms with E-state index in [0.717, 1.165) is 17.8 Å². The number of carbonyl (C=O) groups excluding carboxylic acids is 1. The van der Waals surface area contributed by atoms with Crippen LogP contribution in [0.15, 0.2) is 67.0 Å². The SMILES string of the molecule is CC[n+]1ccc(C=CNc2ccccc2C(C)=O)c2ccccc21. The van der Waals surface area contributed by atoms with E-state index in [1.54, 1.807) is 6.92 Å². The topological polar surface area (TPSA) is 33.0 Å². The van der Waals surface area contributed by atoms with E-state index >= 15 is 0 Å². The fraction of sp³-hybridized carbons (Fsp3) is 0.143. The average Bonchev–Trinajstić information content (AvgIpc) is 2.62. The third kappa shape index (κ3) is 3.20. The van der Waals surface area contributed by atoms with Crippen LogP contribution in [-0.4, -0.2) is 5.78 Å². The van der Waals surface area contributed by atoms with Gasteiger partial charge in [0.25, 0.3) is 0 Å². The summed E-state index contributed by atoms with van der Waals surface area (Å²) in [5, 5.41) is 4.44. The maximum absolute atomic E-state index is 11.7. The standard InChI is InChI=1S/C21H20N2O/c1-3-23-15-13-17(19-9-5-7-11-21(19)23)12-14-22-20-10-6-4-8-18(20)16(2)24/h4-15H,3H2,1-2H3/p+1. The second-order valence-corrected chi connectivity index (χ2v) is 5.65. The Morgan fingerprint density at radius 3 is 2.62 bits per heavy atom. The quantitative estimate of drug-likeness (QED) is 0.558. The van der Waals surface area contributed by atoms with Gasteiger partial charge in [-0.3, -0.25) is 4.79 Å². The smallest absolute Gasteiger partial charge is 0.213 e. The first-order valence-corrected chi connectivity index (χ1v) is 8.15. The van der Waals surface area contributed by atoms with Crippen molar-refractivity contribution in [1.82, 2.24) is 0 Å². The predicted octanol–water partition coefficient (Wildman–Crippen LogP) is 4.43. The molecule has 0 fully saturated rings. The van der Waals surface area contributed by atoms with Crippen LogP contribution in [0.3, 0.4) is 0 Å². The summed E-state index contributed by atoms with van der Waals surface area (Å²) in [6.07, 6.45) is 6.03. The Kier molecular flexibility index (Phi) is 4.71. The molecule has 0 atom stereocenters. The third-order valence-electron chi connectivity index (χ3n) is 4.11. The molecule has 0 spiro atoms. The van der Waals surface area contributed by atoms with Crippen molar-refractivity contribution in [3.63, 3.8) is 0 Å². The number of nitrogens with zero attached hydrogens (tertiary/aromatic N) is 1. The Morgan fingerprint density at radius 2 is 1.83 bits per heavy atom. The summed E-state index contributed by atoms with van der Waals surface area (Å²) in [5.74, 6) is 0.0562. The molecule has 3 rings (SSSR count). The van der Waals surface area contributed by atoms with Gasteiger partial charge in [0.05, 0.1) is 5.39 Å². The van der Waals surface area contributed by atoms with Gasteiger partial charge in [0.2, 0.25) is 5.52 Å². The van der Waals surface area contributed by atoms with Crippen molar-refractivity contribution in [2.75, 3.05) is 5.32 Å². The number of hydrogen-bond donors (Lipinski definition) is 1. The molecule has 0 aliphatic heterocycles. The summed E-state index contributed by atoms with van der Waals surface area (Å²) in [6.45, 7) is 4.66. The highest BCUT2D eigenvalue weighted by Crippen LogP contribution is 2.18. The van der Waals surface area contributed by atoms with E-state index in [1.165, 1.54) is 10.9 Å². The zero-order valence-corrected chi connectivity index (χ0v) is 14.0. The van der Waals surface area contributed by atoms with Crippen LogP contribution in [0.4, 0.5) is 5.69 Å². The van der Waals surface area contributed by atoms with Crippen molar-refractivity contribution in [2.24, 2.45) is 0 Å². The van der Waals surface area contributed by atoms with Crippen molar-refractivity contribution in [3.8, 4) is 0 Å². The Bertz CT molecular complexity index is 913. The number of rotatable bonds is 5. The van der Waals surface area contributed by atoms with Crippen LogP contribution in [0.1, 0.15) is 29.8 Å². The van der Waals surface area contributed by atoms with Crippen molar-refractivity contribution < 1.29 is 9.36 Å². The molecule has 0 aliphatic rings. The van der Waals surface area contributed by atoms with Gasteiger partial charge in [-0.1, -0.05) is 24.3 Å². The number of aromatic nitrogens is 1. The highest BCUT2D eigenvalue weighted by molar-refractivity contribution is 5.99. The number of ketones is 1. The summed E-state index contributed by atoms with van der Waals surface area (Å²) in [5.41, 5.74) is 3.88. The van der Waals surface area contributed by atoms with Crippen molar-refractivity contribution in [2.45, 2.75) is 20.4 Å². The Balaban J connectivity index is 1.91. The van der Waals surface area contributed by atoms with Crippen LogP contribution < -0.4 is 9.88 Å². The number of benzene rings is 2. The number of para-hydroxylation sites is 2. The van der Waals surface area contributed by atoms with Crippen molar-refractivity contribution in [3.05, 3.63) is 78.1 Å². The highest BCUT2D eigenvalue weighted by Gasteiger charge is 2.09. The van der Waals surface area contributed by atoms with E-state index in [0.29, 0.717) is 5.56 Å². The molecular formula is C21H21N2O+. The molecule has 0 radical (unpaired) electrons. The lowest BCUT2D eigenvalue weighted by atomic mass is 10.1. The fourth-order valence-electron chi connectivity index (χ4n) is 2.87. The van der Waals surface area contributed by atoms with Gasteiger partial charge in [0.1, 0.15) is 6.54 Å². The number of aryl methyl sites for hydroxylation is 1. The van der Waals surface area contributed by atoms with Crippen molar-refractivity contribution >= 4 is 28.4 Å². The van der Waals surface area contributed by atoms with E-state index in [-0.39, 0.29) is 5.78 Å². The molecule has 120 valence electrons. The third-order valence-corrected chi connectivity index (χ3v) is 4.11. The van der Waals surface area contributed by atoms with Gasteiger partial charge in [-0.25, -0.2) is 0 Å². The predicted molar refractivity (Wildman–Crippen MR) is 98.9 cm³/mol. The van der Waals surface area contributed by atoms with Gasteiger partial charge in [-0.05, 0) is 43.7 Å². The molecule has 1 N–H and O–H groups in total. The molecule has 3 heteroatoms. The monoisotopic (exact) mass is 317 g/mol. The number of fused-ring (bicyclic) bond motifs is 1. The number of carbonyl (C=O) groups is 1. The second-order valence-electron chi connectivity index (χ2n) is 5.65. The lowest BCUT2D eigenvalue weighted by Crippen LogP contribution is -2.32. The zero-order valence-electron chi connectivity index (χ0n) is 14.0. The lowest BCUT2D eigenvalue weighted by Gasteiger charge is -2.06. The van der Waals surface area contributed by atoms with Gasteiger partial charge in [-0.15, -0.1) is 0 Å². The molecule has 0 aliphatic carbocycles. The molecule has 24 heavy (non-hydrogen) atoms. The summed E-state index contributed by atoms with van der Waals surface area (Å²) < 4.78 is 2.23. The first kappa shape index (κ1) is 15.9. The second kappa shape index (κ2) is 7.09. The summed E-state index contributed by atoms with van der Waals surface area (Å²) in [7, 11) is 0. The molecule has 1 heterocycles. The number of nitrogens with one attached hydrogen (secondary N) is 1. The fourth-order valence-corrected chi connectivity index (χ4v) is 2.87. The number of anilines is 1. The van der Waals surface area contributed by atoms with Crippen LogP contribution in [0.5, 0.6) is 0 Å². The molecule has 0 saturated carbocycles. The van der Waals surface area contributed by atoms with E-state index in [9.17, 15) is 4.79 Å². The van der Waals surface area contributed by atoms with Crippen LogP contribution >= 0.6 is 0 Å². The minimum absolute atomic E-state index is 0.0562. The maximum Gasteiger partial charge on any atom is 0.213 e. The molecule has 0 bridgehead atoms. The molecule has 2 aromatic carbocycles. The van der Waals surface area contributed by atoms with Crippen LogP contribution in [-0.2, 0) is 6.54 Å². The number of Topliss-reactive ketones (excluding diaryl/α,β-unsaturated/α-hetero) is 1. The zero-order chi connectivity index (χ0) is 16.9. The molecule has 3 aromatic rings. The molecule has 1 aromatic heterocycles. The molecular weight excluding hydrogens is 296 g/mol. The maximum atomic E-state index is 11.7. The van der Waals surface area contributed by atoms with Crippen molar-refractivity contribution in [1.29, 1.82) is 0 Å². The first-order valence-electron chi connectivity index (χ1n) is 8.15. The lowest BCUT2D eigenvalue weighted by molar-refractivity contribution is -0.667. The van der Waals surface area contributed by atoms with Gasteiger partial charge >= 0.3 is 0 Å². The van der Waals surface area contributed by atoms with E-state index < -0.39 is 0 Å². The van der Waals surface area contributed by atoms with Gasteiger partial charge in [-0.2, -0.15) is 4.57 Å².